The first kappa shape index (κ1) is 17.3. The number of amides is 1. The van der Waals surface area contributed by atoms with Crippen molar-refractivity contribution in [2.24, 2.45) is 5.73 Å². The van der Waals surface area contributed by atoms with E-state index >= 15 is 0 Å². The molecule has 0 aromatic rings. The first-order chi connectivity index (χ1) is 8.22. The Labute approximate surface area is 107 Å². The van der Waals surface area contributed by atoms with Crippen LogP contribution < -0.4 is 11.1 Å². The van der Waals surface area contributed by atoms with E-state index in [1.54, 1.807) is 6.92 Å². The third kappa shape index (κ3) is 4.87. The summed E-state index contributed by atoms with van der Waals surface area (Å²) in [6.07, 6.45) is -4.43. The van der Waals surface area contributed by atoms with E-state index in [-0.39, 0.29) is 0 Å². The number of hydrogen-bond donors (Lipinski definition) is 5. The molecule has 6 atom stereocenters. The van der Waals surface area contributed by atoms with Gasteiger partial charge in [-0.3, -0.25) is 4.79 Å². The summed E-state index contributed by atoms with van der Waals surface area (Å²) in [5, 5.41) is 31.7. The number of nitrogens with two attached hydrogens (primary N) is 1. The second-order valence-electron chi connectivity index (χ2n) is 4.51. The van der Waals surface area contributed by atoms with Gasteiger partial charge in [-0.05, 0) is 13.8 Å². The van der Waals surface area contributed by atoms with E-state index in [4.69, 9.17) is 10.5 Å². The second kappa shape index (κ2) is 7.65. The lowest BCUT2D eigenvalue weighted by Crippen LogP contribution is -2.60. The summed E-state index contributed by atoms with van der Waals surface area (Å²) in [5.74, 6) is -0.432. The molecule has 1 amide bonds. The van der Waals surface area contributed by atoms with Crippen LogP contribution in [-0.4, -0.2) is 64.8 Å². The highest BCUT2D eigenvalue weighted by molar-refractivity contribution is 5.73. The first-order valence-corrected chi connectivity index (χ1v) is 5.82. The fraction of sp³-hybridized carbons (Fsp3) is 0.909. The molecule has 0 radical (unpaired) electrons. The quantitative estimate of drug-likeness (QED) is 0.360. The number of nitrogens with one attached hydrogen (secondary N) is 1. The Morgan fingerprint density at radius 3 is 2.00 bits per heavy atom. The zero-order valence-electron chi connectivity index (χ0n) is 11.2. The molecule has 7 heteroatoms. The monoisotopic (exact) mass is 264 g/mol. The molecule has 0 aromatic carbocycles. The fourth-order valence-corrected chi connectivity index (χ4v) is 1.78. The third-order valence-electron chi connectivity index (χ3n) is 2.73. The van der Waals surface area contributed by atoms with Crippen molar-refractivity contribution in [3.63, 3.8) is 0 Å². The minimum atomic E-state index is -1.32. The Hall–Kier alpha value is -0.730. The van der Waals surface area contributed by atoms with E-state index < -0.39 is 42.4 Å². The molecule has 0 aliphatic heterocycles. The average Bonchev–Trinajstić information content (AvgIpc) is 2.24. The first-order valence-electron chi connectivity index (χ1n) is 5.82. The number of carbonyl (C=O) groups is 1. The number of rotatable bonds is 7. The van der Waals surface area contributed by atoms with Crippen LogP contribution in [0.3, 0.4) is 0 Å². The Morgan fingerprint density at radius 2 is 1.72 bits per heavy atom. The lowest BCUT2D eigenvalue weighted by Gasteiger charge is -2.35. The predicted molar refractivity (Wildman–Crippen MR) is 65.7 cm³/mol. The second-order valence-corrected chi connectivity index (χ2v) is 4.51. The van der Waals surface area contributed by atoms with Gasteiger partial charge in [0.15, 0.2) is 0 Å². The Bertz CT molecular complexity index is 260. The molecule has 7 nitrogen and oxygen atoms in total. The summed E-state index contributed by atoms with van der Waals surface area (Å²) in [6.45, 7) is 4.25. The van der Waals surface area contributed by atoms with Gasteiger partial charge in [-0.25, -0.2) is 0 Å². The van der Waals surface area contributed by atoms with Crippen molar-refractivity contribution >= 4 is 5.91 Å². The molecule has 0 saturated carbocycles. The van der Waals surface area contributed by atoms with Crippen LogP contribution in [0.4, 0.5) is 0 Å². The summed E-state index contributed by atoms with van der Waals surface area (Å²) in [6, 6.07) is -1.55. The van der Waals surface area contributed by atoms with E-state index in [0.717, 1.165) is 0 Å². The Morgan fingerprint density at radius 1 is 1.22 bits per heavy atom. The highest BCUT2D eigenvalue weighted by atomic mass is 16.5. The van der Waals surface area contributed by atoms with Crippen LogP contribution in [-0.2, 0) is 9.53 Å². The topological polar surface area (TPSA) is 125 Å². The normalized spacial score (nSPS) is 21.6. The van der Waals surface area contributed by atoms with Crippen molar-refractivity contribution in [3.8, 4) is 0 Å². The molecule has 0 aliphatic rings. The van der Waals surface area contributed by atoms with Gasteiger partial charge in [-0.2, -0.15) is 0 Å². The molecular formula is C11H24N2O5. The van der Waals surface area contributed by atoms with Crippen LogP contribution in [0, 0.1) is 0 Å². The van der Waals surface area contributed by atoms with Crippen molar-refractivity contribution in [1.82, 2.24) is 5.32 Å². The zero-order chi connectivity index (χ0) is 14.5. The molecule has 0 aromatic heterocycles. The van der Waals surface area contributed by atoms with E-state index in [1.165, 1.54) is 21.0 Å². The van der Waals surface area contributed by atoms with Crippen LogP contribution in [0.25, 0.3) is 0 Å². The lowest BCUT2D eigenvalue weighted by atomic mass is 9.94. The maximum absolute atomic E-state index is 11.1. The van der Waals surface area contributed by atoms with Crippen molar-refractivity contribution < 1.29 is 24.9 Å². The van der Waals surface area contributed by atoms with Gasteiger partial charge >= 0.3 is 0 Å². The smallest absolute Gasteiger partial charge is 0.217 e. The van der Waals surface area contributed by atoms with Crippen LogP contribution in [0.1, 0.15) is 20.8 Å². The molecular weight excluding hydrogens is 240 g/mol. The SMILES string of the molecule is COC(C(C)N)C(O)C(NC(C)=O)C(O)C(C)O. The number of aliphatic hydroxyl groups excluding tert-OH is 3. The van der Waals surface area contributed by atoms with E-state index in [2.05, 4.69) is 5.32 Å². The summed E-state index contributed by atoms with van der Waals surface area (Å²) in [5.41, 5.74) is 5.65. The number of methoxy groups -OCH3 is 1. The van der Waals surface area contributed by atoms with E-state index in [1.807, 2.05) is 0 Å². The molecule has 0 fully saturated rings. The number of aliphatic hydroxyl groups is 3. The fourth-order valence-electron chi connectivity index (χ4n) is 1.78. The molecule has 0 bridgehead atoms. The number of hydrogen-bond acceptors (Lipinski definition) is 6. The summed E-state index contributed by atoms with van der Waals surface area (Å²) >= 11 is 0. The van der Waals surface area contributed by atoms with Gasteiger partial charge < -0.3 is 31.1 Å². The standard InChI is InChI=1S/C11H24N2O5/c1-5(12)11(18-4)10(17)8(13-7(3)15)9(16)6(2)14/h5-6,8-11,14,16-17H,12H2,1-4H3,(H,13,15). The van der Waals surface area contributed by atoms with Gasteiger partial charge in [-0.15, -0.1) is 0 Å². The summed E-state index contributed by atoms with van der Waals surface area (Å²) < 4.78 is 5.05. The molecule has 6 N–H and O–H groups in total. The molecule has 6 unspecified atom stereocenters. The predicted octanol–water partition coefficient (Wildman–Crippen LogP) is -2.04. The van der Waals surface area contributed by atoms with Gasteiger partial charge in [0.1, 0.15) is 12.2 Å². The lowest BCUT2D eigenvalue weighted by molar-refractivity contribution is -0.127. The van der Waals surface area contributed by atoms with Crippen molar-refractivity contribution in [2.45, 2.75) is 57.3 Å². The molecule has 0 spiro atoms. The van der Waals surface area contributed by atoms with Gasteiger partial charge in [0, 0.05) is 20.1 Å². The van der Waals surface area contributed by atoms with Gasteiger partial charge in [0.05, 0.1) is 18.2 Å². The maximum Gasteiger partial charge on any atom is 0.217 e. The molecule has 0 heterocycles. The highest BCUT2D eigenvalue weighted by Gasteiger charge is 2.37. The van der Waals surface area contributed by atoms with Crippen LogP contribution in [0.15, 0.2) is 0 Å². The third-order valence-corrected chi connectivity index (χ3v) is 2.73. The van der Waals surface area contributed by atoms with Crippen molar-refractivity contribution in [2.75, 3.05) is 7.11 Å². The molecule has 18 heavy (non-hydrogen) atoms. The van der Waals surface area contributed by atoms with Gasteiger partial charge in [0.25, 0.3) is 0 Å². The van der Waals surface area contributed by atoms with Gasteiger partial charge in [0.2, 0.25) is 5.91 Å². The minimum absolute atomic E-state index is 0.432. The van der Waals surface area contributed by atoms with Crippen molar-refractivity contribution in [3.05, 3.63) is 0 Å². The van der Waals surface area contributed by atoms with Crippen LogP contribution in [0.2, 0.25) is 0 Å². The number of ether oxygens (including phenoxy) is 1. The van der Waals surface area contributed by atoms with Crippen LogP contribution >= 0.6 is 0 Å². The average molecular weight is 264 g/mol. The summed E-state index contributed by atoms with van der Waals surface area (Å²) in [7, 11) is 1.37. The Kier molecular flexibility index (Phi) is 7.34. The van der Waals surface area contributed by atoms with E-state index in [0.29, 0.717) is 0 Å². The highest BCUT2D eigenvalue weighted by Crippen LogP contribution is 2.12. The zero-order valence-corrected chi connectivity index (χ0v) is 11.2. The van der Waals surface area contributed by atoms with Crippen LogP contribution in [0.5, 0.6) is 0 Å². The maximum atomic E-state index is 11.1. The largest absolute Gasteiger partial charge is 0.391 e. The molecule has 0 rings (SSSR count). The molecule has 108 valence electrons. The number of carbonyl (C=O) groups excluding carboxylic acids is 1. The van der Waals surface area contributed by atoms with E-state index in [9.17, 15) is 20.1 Å². The molecule has 0 saturated heterocycles. The minimum Gasteiger partial charge on any atom is -0.391 e. The van der Waals surface area contributed by atoms with Gasteiger partial charge in [-0.1, -0.05) is 0 Å². The van der Waals surface area contributed by atoms with Crippen molar-refractivity contribution in [1.29, 1.82) is 0 Å². The molecule has 0 aliphatic carbocycles. The Balaban J connectivity index is 4.98. The summed E-state index contributed by atoms with van der Waals surface area (Å²) in [4.78, 5) is 11.1.